The molecule has 0 radical (unpaired) electrons. The summed E-state index contributed by atoms with van der Waals surface area (Å²) >= 11 is 6.27. The summed E-state index contributed by atoms with van der Waals surface area (Å²) in [7, 11) is 0. The molecule has 3 aromatic carbocycles. The van der Waals surface area contributed by atoms with E-state index in [9.17, 15) is 0 Å². The van der Waals surface area contributed by atoms with Gasteiger partial charge in [0.2, 0.25) is 5.88 Å². The van der Waals surface area contributed by atoms with Gasteiger partial charge in [-0.05, 0) is 28.8 Å². The Bertz CT molecular complexity index is 1060. The lowest BCUT2D eigenvalue weighted by molar-refractivity contribution is 0.294. The molecule has 4 rings (SSSR count). The molecule has 4 aromatic rings. The Morgan fingerprint density at radius 2 is 1.56 bits per heavy atom. The first-order valence-corrected chi connectivity index (χ1v) is 8.29. The fraction of sp³-hybridized carbons (Fsp3) is 0.0476. The highest BCUT2D eigenvalue weighted by Gasteiger charge is 2.11. The van der Waals surface area contributed by atoms with Crippen LogP contribution < -0.4 is 4.74 Å². The fourth-order valence-electron chi connectivity index (χ4n) is 2.65. The normalized spacial score (nSPS) is 11.3. The maximum atomic E-state index is 8.47. The molecule has 25 heavy (non-hydrogen) atoms. The van der Waals surface area contributed by atoms with E-state index in [1.807, 2.05) is 66.7 Å². The van der Waals surface area contributed by atoms with Gasteiger partial charge < -0.3 is 4.74 Å². The van der Waals surface area contributed by atoms with Crippen molar-refractivity contribution in [1.82, 2.24) is 10.2 Å². The third kappa shape index (κ3) is 3.32. The van der Waals surface area contributed by atoms with Crippen LogP contribution in [0.25, 0.3) is 21.9 Å². The van der Waals surface area contributed by atoms with Gasteiger partial charge in [0.25, 0.3) is 0 Å². The first-order valence-electron chi connectivity index (χ1n) is 8.41. The number of fused-ring (bicyclic) bond motifs is 1. The molecule has 0 amide bonds. The Morgan fingerprint density at radius 1 is 0.840 bits per heavy atom. The van der Waals surface area contributed by atoms with E-state index < -0.39 is 0 Å². The second-order valence-electron chi connectivity index (χ2n) is 5.61. The smallest absolute Gasteiger partial charge is 0.241 e. The minimum absolute atomic E-state index is 0.262. The third-order valence-electron chi connectivity index (χ3n) is 3.93. The van der Waals surface area contributed by atoms with Gasteiger partial charge in [0.05, 0.1) is 1.37 Å². The molecule has 1 heterocycles. The predicted octanol–water partition coefficient (Wildman–Crippen LogP) is 5.53. The summed E-state index contributed by atoms with van der Waals surface area (Å²) < 4.78 is 14.3. The molecule has 0 aliphatic rings. The van der Waals surface area contributed by atoms with Crippen LogP contribution in [0, 0.1) is 0 Å². The monoisotopic (exact) mass is 347 g/mol. The lowest BCUT2D eigenvalue weighted by Gasteiger charge is -2.10. The Kier molecular flexibility index (Phi) is 3.99. The number of halogens is 1. The van der Waals surface area contributed by atoms with Gasteiger partial charge in [0, 0.05) is 10.8 Å². The Hall–Kier alpha value is -2.91. The van der Waals surface area contributed by atoms with Crippen LogP contribution in [0.2, 0.25) is 5.15 Å². The second kappa shape index (κ2) is 6.91. The zero-order chi connectivity index (χ0) is 17.9. The lowest BCUT2D eigenvalue weighted by Crippen LogP contribution is -1.99. The molecule has 0 fully saturated rings. The second-order valence-corrected chi connectivity index (χ2v) is 5.97. The van der Waals surface area contributed by atoms with Gasteiger partial charge in [0.15, 0.2) is 5.15 Å². The number of ether oxygens (including phenoxy) is 1. The van der Waals surface area contributed by atoms with Crippen LogP contribution in [-0.4, -0.2) is 10.2 Å². The van der Waals surface area contributed by atoms with Gasteiger partial charge in [-0.15, -0.1) is 10.2 Å². The zero-order valence-electron chi connectivity index (χ0n) is 14.3. The van der Waals surface area contributed by atoms with Gasteiger partial charge in [-0.25, -0.2) is 0 Å². The van der Waals surface area contributed by atoms with Crippen molar-refractivity contribution in [2.45, 2.75) is 6.61 Å². The predicted molar refractivity (Wildman–Crippen MR) is 101 cm³/mol. The molecule has 3 nitrogen and oxygen atoms in total. The van der Waals surface area contributed by atoms with Gasteiger partial charge in [-0.3, -0.25) is 0 Å². The van der Waals surface area contributed by atoms with Crippen molar-refractivity contribution >= 4 is 22.4 Å². The van der Waals surface area contributed by atoms with Gasteiger partial charge in [-0.1, -0.05) is 78.3 Å². The fourth-order valence-corrected chi connectivity index (χ4v) is 2.84. The van der Waals surface area contributed by atoms with Crippen molar-refractivity contribution in [2.24, 2.45) is 0 Å². The Balaban J connectivity index is 1.77. The summed E-state index contributed by atoms with van der Waals surface area (Å²) in [5.74, 6) is 0.317. The number of aromatic nitrogens is 2. The summed E-state index contributed by atoms with van der Waals surface area (Å²) in [6, 6.07) is 23.7. The minimum Gasteiger partial charge on any atom is -0.471 e. The molecule has 0 unspecified atom stereocenters. The highest BCUT2D eigenvalue weighted by atomic mass is 35.5. The van der Waals surface area contributed by atoms with Crippen molar-refractivity contribution in [3.8, 4) is 17.0 Å². The van der Waals surface area contributed by atoms with Crippen molar-refractivity contribution in [2.75, 3.05) is 0 Å². The molecular weight excluding hydrogens is 332 g/mol. The standard InChI is InChI=1S/C21H15ClN2O/c22-20-19-13-17(16-9-5-2-6-10-16)11-12-18(19)21(24-23-20)25-14-15-7-3-1-4-8-15/h1-13H,14H2/i12D. The largest absolute Gasteiger partial charge is 0.471 e. The van der Waals surface area contributed by atoms with E-state index >= 15 is 0 Å². The van der Waals surface area contributed by atoms with E-state index in [2.05, 4.69) is 10.2 Å². The summed E-state index contributed by atoms with van der Waals surface area (Å²) in [5, 5.41) is 9.56. The molecule has 0 aliphatic heterocycles. The van der Waals surface area contributed by atoms with Crippen LogP contribution >= 0.6 is 11.6 Å². The number of hydrogen-bond donors (Lipinski definition) is 0. The van der Waals surface area contributed by atoms with E-state index in [4.69, 9.17) is 17.7 Å². The van der Waals surface area contributed by atoms with Crippen LogP contribution in [0.15, 0.2) is 78.8 Å². The maximum Gasteiger partial charge on any atom is 0.241 e. The minimum atomic E-state index is 0.262. The van der Waals surface area contributed by atoms with Crippen molar-refractivity contribution < 1.29 is 6.11 Å². The molecule has 0 atom stereocenters. The average Bonchev–Trinajstić information content (AvgIpc) is 2.69. The highest BCUT2D eigenvalue weighted by Crippen LogP contribution is 2.32. The summed E-state index contributed by atoms with van der Waals surface area (Å²) in [5.41, 5.74) is 2.94. The first-order chi connectivity index (χ1) is 12.7. The number of nitrogens with zero attached hydrogens (tertiary/aromatic N) is 2. The quantitative estimate of drug-likeness (QED) is 0.487. The first kappa shape index (κ1) is 14.4. The number of benzene rings is 3. The summed E-state index contributed by atoms with van der Waals surface area (Å²) in [6.07, 6.45) is 0. The van der Waals surface area contributed by atoms with Crippen LogP contribution in [0.3, 0.4) is 0 Å². The van der Waals surface area contributed by atoms with E-state index in [1.165, 1.54) is 0 Å². The Labute approximate surface area is 152 Å². The molecule has 0 saturated carbocycles. The van der Waals surface area contributed by atoms with Crippen LogP contribution in [0.4, 0.5) is 0 Å². The Morgan fingerprint density at radius 3 is 2.32 bits per heavy atom. The average molecular weight is 348 g/mol. The van der Waals surface area contributed by atoms with Crippen molar-refractivity contribution in [3.05, 3.63) is 89.6 Å². The number of rotatable bonds is 4. The van der Waals surface area contributed by atoms with Crippen LogP contribution in [0.1, 0.15) is 6.93 Å². The van der Waals surface area contributed by atoms with E-state index in [0.29, 0.717) is 29.3 Å². The van der Waals surface area contributed by atoms with Gasteiger partial charge in [0.1, 0.15) is 6.61 Å². The van der Waals surface area contributed by atoms with E-state index in [0.717, 1.165) is 16.7 Å². The molecule has 122 valence electrons. The molecule has 0 aliphatic carbocycles. The van der Waals surface area contributed by atoms with Crippen molar-refractivity contribution in [3.63, 3.8) is 0 Å². The SMILES string of the molecule is [2H]c1cc(-c2ccccc2)cc2c(Cl)nnc(OCc3ccccc3)c12. The molecule has 4 heteroatoms. The summed E-state index contributed by atoms with van der Waals surface area (Å²) in [4.78, 5) is 0. The van der Waals surface area contributed by atoms with Crippen molar-refractivity contribution in [1.29, 1.82) is 0 Å². The molecule has 0 spiro atoms. The third-order valence-corrected chi connectivity index (χ3v) is 4.21. The van der Waals surface area contributed by atoms with Crippen LogP contribution in [0.5, 0.6) is 5.88 Å². The van der Waals surface area contributed by atoms with Gasteiger partial charge in [-0.2, -0.15) is 0 Å². The van der Waals surface area contributed by atoms with Crippen LogP contribution in [-0.2, 0) is 6.61 Å². The maximum absolute atomic E-state index is 8.47. The molecule has 1 aromatic heterocycles. The molecule has 0 bridgehead atoms. The van der Waals surface area contributed by atoms with E-state index in [-0.39, 0.29) is 5.15 Å². The topological polar surface area (TPSA) is 35.0 Å². The van der Waals surface area contributed by atoms with E-state index in [1.54, 1.807) is 6.07 Å². The summed E-state index contributed by atoms with van der Waals surface area (Å²) in [6.45, 7) is 0.353. The molecule has 0 N–H and O–H groups in total. The molecule has 0 saturated heterocycles. The lowest BCUT2D eigenvalue weighted by atomic mass is 10.0. The van der Waals surface area contributed by atoms with Gasteiger partial charge >= 0.3 is 0 Å². The number of hydrogen-bond acceptors (Lipinski definition) is 3. The zero-order valence-corrected chi connectivity index (χ0v) is 14.1. The highest BCUT2D eigenvalue weighted by molar-refractivity contribution is 6.34. The molecular formula is C21H15ClN2O.